The monoisotopic (exact) mass is 230 g/mol. The van der Waals surface area contributed by atoms with Gasteiger partial charge in [0.15, 0.2) is 23.1 Å². The maximum atomic E-state index is 13.3. The van der Waals surface area contributed by atoms with E-state index >= 15 is 0 Å². The molecular formula is C11H12F2O3. The highest BCUT2D eigenvalue weighted by molar-refractivity contribution is 5.47. The predicted molar refractivity (Wildman–Crippen MR) is 52.5 cm³/mol. The highest BCUT2D eigenvalue weighted by Gasteiger charge is 2.42. The number of rotatable bonds is 3. The maximum Gasteiger partial charge on any atom is 0.168 e. The van der Waals surface area contributed by atoms with Crippen molar-refractivity contribution in [1.82, 2.24) is 0 Å². The molecule has 0 bridgehead atoms. The molecule has 0 unspecified atom stereocenters. The molecule has 0 amide bonds. The molecule has 2 rings (SSSR count). The molecule has 0 atom stereocenters. The van der Waals surface area contributed by atoms with E-state index in [1.165, 1.54) is 7.11 Å². The highest BCUT2D eigenvalue weighted by atomic mass is 19.1. The van der Waals surface area contributed by atoms with Crippen LogP contribution in [0.5, 0.6) is 11.5 Å². The van der Waals surface area contributed by atoms with E-state index in [9.17, 15) is 19.0 Å². The lowest BCUT2D eigenvalue weighted by atomic mass is 10.0. The number of ether oxygens (including phenoxy) is 1. The molecule has 5 heteroatoms. The fourth-order valence-electron chi connectivity index (χ4n) is 1.68. The fourth-order valence-corrected chi connectivity index (χ4v) is 1.68. The summed E-state index contributed by atoms with van der Waals surface area (Å²) < 4.78 is 31.2. The average molecular weight is 230 g/mol. The third kappa shape index (κ3) is 1.82. The van der Waals surface area contributed by atoms with Crippen LogP contribution in [0, 0.1) is 11.6 Å². The second-order valence-corrected chi connectivity index (χ2v) is 4.10. The van der Waals surface area contributed by atoms with Crippen LogP contribution >= 0.6 is 0 Å². The molecule has 0 heterocycles. The Kier molecular flexibility index (Phi) is 2.50. The summed E-state index contributed by atoms with van der Waals surface area (Å²) in [4.78, 5) is 0. The summed E-state index contributed by atoms with van der Waals surface area (Å²) in [6, 6.07) is 0.564. The molecule has 0 saturated heterocycles. The Hall–Kier alpha value is -1.36. The van der Waals surface area contributed by atoms with Crippen LogP contribution in [0.2, 0.25) is 0 Å². The topological polar surface area (TPSA) is 49.7 Å². The number of benzene rings is 1. The minimum atomic E-state index is -1.04. The highest BCUT2D eigenvalue weighted by Crippen LogP contribution is 2.43. The van der Waals surface area contributed by atoms with Crippen LogP contribution in [0.1, 0.15) is 18.4 Å². The second kappa shape index (κ2) is 3.59. The van der Waals surface area contributed by atoms with Crippen LogP contribution in [-0.4, -0.2) is 22.9 Å². The van der Waals surface area contributed by atoms with E-state index in [-0.39, 0.29) is 17.7 Å². The van der Waals surface area contributed by atoms with Gasteiger partial charge in [0, 0.05) is 18.1 Å². The van der Waals surface area contributed by atoms with E-state index in [2.05, 4.69) is 0 Å². The first-order valence-corrected chi connectivity index (χ1v) is 4.93. The third-order valence-corrected chi connectivity index (χ3v) is 2.79. The zero-order valence-electron chi connectivity index (χ0n) is 8.76. The summed E-state index contributed by atoms with van der Waals surface area (Å²) in [7, 11) is 1.23. The summed E-state index contributed by atoms with van der Waals surface area (Å²) in [6.07, 6.45) is 1.12. The van der Waals surface area contributed by atoms with Gasteiger partial charge in [-0.25, -0.2) is 8.78 Å². The van der Waals surface area contributed by atoms with Gasteiger partial charge in [-0.2, -0.15) is 0 Å². The number of methoxy groups -OCH3 is 1. The van der Waals surface area contributed by atoms with Crippen LogP contribution in [0.4, 0.5) is 8.78 Å². The second-order valence-electron chi connectivity index (χ2n) is 4.10. The number of phenols is 1. The number of aliphatic hydroxyl groups is 1. The Labute approximate surface area is 91.3 Å². The van der Waals surface area contributed by atoms with Gasteiger partial charge in [-0.15, -0.1) is 0 Å². The van der Waals surface area contributed by atoms with Gasteiger partial charge >= 0.3 is 0 Å². The molecule has 0 aromatic heterocycles. The Balaban J connectivity index is 2.47. The summed E-state index contributed by atoms with van der Waals surface area (Å²) in [5, 5.41) is 19.2. The van der Waals surface area contributed by atoms with Crippen molar-refractivity contribution in [3.05, 3.63) is 23.3 Å². The van der Waals surface area contributed by atoms with Crippen molar-refractivity contribution in [1.29, 1.82) is 0 Å². The van der Waals surface area contributed by atoms with Crippen LogP contribution in [0.25, 0.3) is 0 Å². The number of halogens is 2. The first-order chi connectivity index (χ1) is 7.47. The van der Waals surface area contributed by atoms with Crippen LogP contribution in [-0.2, 0) is 6.42 Å². The number of aromatic hydroxyl groups is 1. The predicted octanol–water partition coefficient (Wildman–Crippen LogP) is 1.75. The summed E-state index contributed by atoms with van der Waals surface area (Å²) in [5.41, 5.74) is -0.967. The van der Waals surface area contributed by atoms with E-state index < -0.39 is 23.0 Å². The molecule has 16 heavy (non-hydrogen) atoms. The maximum absolute atomic E-state index is 13.3. The first-order valence-electron chi connectivity index (χ1n) is 4.93. The van der Waals surface area contributed by atoms with E-state index in [0.29, 0.717) is 18.9 Å². The van der Waals surface area contributed by atoms with Crippen molar-refractivity contribution in [2.75, 3.05) is 7.11 Å². The Morgan fingerprint density at radius 2 is 2.00 bits per heavy atom. The number of hydrogen-bond donors (Lipinski definition) is 2. The van der Waals surface area contributed by atoms with Crippen molar-refractivity contribution in [2.24, 2.45) is 0 Å². The van der Waals surface area contributed by atoms with E-state index in [4.69, 9.17) is 4.74 Å². The molecule has 1 saturated carbocycles. The molecule has 1 aromatic carbocycles. The molecule has 0 radical (unpaired) electrons. The minimum absolute atomic E-state index is 0.00329. The molecule has 1 fully saturated rings. The van der Waals surface area contributed by atoms with Crippen molar-refractivity contribution < 1.29 is 23.7 Å². The van der Waals surface area contributed by atoms with Gasteiger partial charge < -0.3 is 14.9 Å². The molecule has 3 nitrogen and oxygen atoms in total. The summed E-state index contributed by atoms with van der Waals surface area (Å²) in [5.74, 6) is -2.78. The normalized spacial score (nSPS) is 17.2. The zero-order chi connectivity index (χ0) is 11.9. The van der Waals surface area contributed by atoms with Crippen molar-refractivity contribution >= 4 is 0 Å². The Morgan fingerprint density at radius 3 is 2.50 bits per heavy atom. The summed E-state index contributed by atoms with van der Waals surface area (Å²) in [6.45, 7) is 0. The molecular weight excluding hydrogens is 218 g/mol. The standard InChI is InChI=1S/C11H12F2O3/c1-16-10-6(5-11(15)2-3-11)9(14)7(12)4-8(10)13/h4,14-15H,2-3,5H2,1H3. The Bertz CT molecular complexity index is 428. The lowest BCUT2D eigenvalue weighted by Gasteiger charge is -2.14. The third-order valence-electron chi connectivity index (χ3n) is 2.79. The molecule has 0 spiro atoms. The van der Waals surface area contributed by atoms with Crippen LogP contribution in [0.3, 0.4) is 0 Å². The quantitative estimate of drug-likeness (QED) is 0.831. The van der Waals surface area contributed by atoms with Crippen LogP contribution in [0.15, 0.2) is 6.07 Å². The summed E-state index contributed by atoms with van der Waals surface area (Å²) >= 11 is 0. The molecule has 1 aliphatic rings. The van der Waals surface area contributed by atoms with E-state index in [0.717, 1.165) is 0 Å². The van der Waals surface area contributed by atoms with Gasteiger partial charge in [-0.1, -0.05) is 0 Å². The van der Waals surface area contributed by atoms with Gasteiger partial charge in [0.25, 0.3) is 0 Å². The largest absolute Gasteiger partial charge is 0.505 e. The molecule has 2 N–H and O–H groups in total. The van der Waals surface area contributed by atoms with Crippen molar-refractivity contribution in [3.8, 4) is 11.5 Å². The van der Waals surface area contributed by atoms with Crippen LogP contribution < -0.4 is 4.74 Å². The van der Waals surface area contributed by atoms with Crippen molar-refractivity contribution in [2.45, 2.75) is 24.9 Å². The van der Waals surface area contributed by atoms with Gasteiger partial charge in [0.1, 0.15) is 0 Å². The van der Waals surface area contributed by atoms with Gasteiger partial charge in [-0.3, -0.25) is 0 Å². The number of hydrogen-bond acceptors (Lipinski definition) is 3. The van der Waals surface area contributed by atoms with E-state index in [1.54, 1.807) is 0 Å². The van der Waals surface area contributed by atoms with Gasteiger partial charge in [-0.05, 0) is 12.8 Å². The number of phenolic OH excluding ortho intramolecular Hbond substituents is 1. The molecule has 0 aliphatic heterocycles. The van der Waals surface area contributed by atoms with Gasteiger partial charge in [0.05, 0.1) is 12.7 Å². The van der Waals surface area contributed by atoms with Crippen molar-refractivity contribution in [3.63, 3.8) is 0 Å². The van der Waals surface area contributed by atoms with Gasteiger partial charge in [0.2, 0.25) is 0 Å². The SMILES string of the molecule is COc1c(F)cc(F)c(O)c1CC1(O)CC1. The average Bonchev–Trinajstić information content (AvgIpc) is 2.93. The minimum Gasteiger partial charge on any atom is -0.505 e. The molecule has 88 valence electrons. The Morgan fingerprint density at radius 1 is 1.38 bits per heavy atom. The smallest absolute Gasteiger partial charge is 0.168 e. The molecule has 1 aromatic rings. The van der Waals surface area contributed by atoms with E-state index in [1.807, 2.05) is 0 Å². The zero-order valence-corrected chi connectivity index (χ0v) is 8.76. The molecule has 1 aliphatic carbocycles. The lowest BCUT2D eigenvalue weighted by molar-refractivity contribution is 0.148. The first kappa shape index (κ1) is 11.1. The fraction of sp³-hybridized carbons (Fsp3) is 0.455. The lowest BCUT2D eigenvalue weighted by Crippen LogP contribution is -2.13.